The third kappa shape index (κ3) is 6.06. The molecule has 0 heterocycles. The molecule has 1 atom stereocenters. The summed E-state index contributed by atoms with van der Waals surface area (Å²) in [6, 6.07) is 18.4. The number of benzene rings is 2. The quantitative estimate of drug-likeness (QED) is 0.793. The second kappa shape index (κ2) is 8.73. The van der Waals surface area contributed by atoms with Crippen molar-refractivity contribution < 1.29 is 4.79 Å². The van der Waals surface area contributed by atoms with Gasteiger partial charge in [-0.3, -0.25) is 4.79 Å². The Balaban J connectivity index is 1.75. The van der Waals surface area contributed by atoms with Crippen LogP contribution in [0.5, 0.6) is 0 Å². The first-order valence-electron chi connectivity index (χ1n) is 7.84. The third-order valence-electron chi connectivity index (χ3n) is 3.76. The predicted molar refractivity (Wildman–Crippen MR) is 99.8 cm³/mol. The molecular weight excluding hydrogens is 352 g/mol. The first kappa shape index (κ1) is 17.5. The Morgan fingerprint density at radius 2 is 1.78 bits per heavy atom. The van der Waals surface area contributed by atoms with E-state index >= 15 is 0 Å². The van der Waals surface area contributed by atoms with Crippen molar-refractivity contribution in [1.82, 2.24) is 5.32 Å². The van der Waals surface area contributed by atoms with Crippen molar-refractivity contribution in [3.05, 3.63) is 64.6 Å². The lowest BCUT2D eigenvalue weighted by Gasteiger charge is -2.20. The van der Waals surface area contributed by atoms with E-state index in [1.165, 1.54) is 5.56 Å². The number of likely N-dealkylation sites (N-methyl/N-ethyl adjacent to an activating group) is 1. The standard InChI is InChI=1S/C19H23BrN2O/c1-15(8-9-16-10-12-17(20)13-11-16)21-19(23)14-22(2)18-6-4-3-5-7-18/h3-7,10-13,15H,8-9,14H2,1-2H3,(H,21,23). The lowest BCUT2D eigenvalue weighted by molar-refractivity contribution is -0.120. The minimum absolute atomic E-state index is 0.0552. The Hall–Kier alpha value is -1.81. The second-order valence-corrected chi connectivity index (χ2v) is 6.74. The van der Waals surface area contributed by atoms with Gasteiger partial charge in [-0.25, -0.2) is 0 Å². The van der Waals surface area contributed by atoms with Crippen LogP contribution in [-0.2, 0) is 11.2 Å². The number of carbonyl (C=O) groups excluding carboxylic acids is 1. The van der Waals surface area contributed by atoms with Gasteiger partial charge in [-0.2, -0.15) is 0 Å². The summed E-state index contributed by atoms with van der Waals surface area (Å²) in [6.07, 6.45) is 1.89. The normalized spacial score (nSPS) is 11.8. The van der Waals surface area contributed by atoms with Crippen LogP contribution in [0.1, 0.15) is 18.9 Å². The van der Waals surface area contributed by atoms with E-state index in [4.69, 9.17) is 0 Å². The van der Waals surface area contributed by atoms with Crippen LogP contribution < -0.4 is 10.2 Å². The summed E-state index contributed by atoms with van der Waals surface area (Å²) in [5.74, 6) is 0.0552. The molecular formula is C19H23BrN2O. The van der Waals surface area contributed by atoms with Gasteiger partial charge in [-0.15, -0.1) is 0 Å². The first-order chi connectivity index (χ1) is 11.0. The number of carbonyl (C=O) groups is 1. The fourth-order valence-corrected chi connectivity index (χ4v) is 2.68. The maximum Gasteiger partial charge on any atom is 0.239 e. The Morgan fingerprint density at radius 3 is 2.43 bits per heavy atom. The number of para-hydroxylation sites is 1. The molecule has 0 saturated carbocycles. The number of anilines is 1. The van der Waals surface area contributed by atoms with Gasteiger partial charge in [0.05, 0.1) is 6.54 Å². The van der Waals surface area contributed by atoms with E-state index in [1.807, 2.05) is 54.4 Å². The molecule has 1 amide bonds. The second-order valence-electron chi connectivity index (χ2n) is 5.83. The van der Waals surface area contributed by atoms with E-state index in [9.17, 15) is 4.79 Å². The van der Waals surface area contributed by atoms with Crippen LogP contribution >= 0.6 is 15.9 Å². The van der Waals surface area contributed by atoms with E-state index in [0.29, 0.717) is 6.54 Å². The zero-order chi connectivity index (χ0) is 16.7. The number of halogens is 1. The van der Waals surface area contributed by atoms with Gasteiger partial charge in [-0.05, 0) is 49.6 Å². The molecule has 122 valence electrons. The fraction of sp³-hybridized carbons (Fsp3) is 0.316. The highest BCUT2D eigenvalue weighted by atomic mass is 79.9. The average molecular weight is 375 g/mol. The molecule has 0 spiro atoms. The maximum absolute atomic E-state index is 12.1. The summed E-state index contributed by atoms with van der Waals surface area (Å²) < 4.78 is 1.09. The molecule has 0 aliphatic heterocycles. The Labute approximate surface area is 146 Å². The van der Waals surface area contributed by atoms with E-state index < -0.39 is 0 Å². The van der Waals surface area contributed by atoms with Gasteiger partial charge < -0.3 is 10.2 Å². The summed E-state index contributed by atoms with van der Waals surface area (Å²) in [5.41, 5.74) is 2.33. The Kier molecular flexibility index (Phi) is 6.66. The van der Waals surface area contributed by atoms with E-state index in [-0.39, 0.29) is 11.9 Å². The lowest BCUT2D eigenvalue weighted by atomic mass is 10.1. The number of hydrogen-bond donors (Lipinski definition) is 1. The van der Waals surface area contributed by atoms with Crippen molar-refractivity contribution in [2.24, 2.45) is 0 Å². The van der Waals surface area contributed by atoms with Gasteiger partial charge >= 0.3 is 0 Å². The summed E-state index contributed by atoms with van der Waals surface area (Å²) in [4.78, 5) is 14.1. The summed E-state index contributed by atoms with van der Waals surface area (Å²) in [5, 5.41) is 3.07. The summed E-state index contributed by atoms with van der Waals surface area (Å²) >= 11 is 3.44. The predicted octanol–water partition coefficient (Wildman–Crippen LogP) is 4.02. The monoisotopic (exact) mass is 374 g/mol. The zero-order valence-corrected chi connectivity index (χ0v) is 15.2. The van der Waals surface area contributed by atoms with Crippen LogP contribution in [-0.4, -0.2) is 25.5 Å². The SMILES string of the molecule is CC(CCc1ccc(Br)cc1)NC(=O)CN(C)c1ccccc1. The molecule has 2 aromatic rings. The smallest absolute Gasteiger partial charge is 0.239 e. The molecule has 0 aliphatic rings. The highest BCUT2D eigenvalue weighted by molar-refractivity contribution is 9.10. The third-order valence-corrected chi connectivity index (χ3v) is 4.29. The average Bonchev–Trinajstić information content (AvgIpc) is 2.55. The molecule has 0 aromatic heterocycles. The number of nitrogens with one attached hydrogen (secondary N) is 1. The van der Waals surface area contributed by atoms with Crippen LogP contribution in [0.4, 0.5) is 5.69 Å². The van der Waals surface area contributed by atoms with Gasteiger partial charge in [0.1, 0.15) is 0 Å². The van der Waals surface area contributed by atoms with Gasteiger partial charge in [0.15, 0.2) is 0 Å². The molecule has 0 saturated heterocycles. The van der Waals surface area contributed by atoms with Gasteiger partial charge in [0.2, 0.25) is 5.91 Å². The zero-order valence-electron chi connectivity index (χ0n) is 13.6. The van der Waals surface area contributed by atoms with Gasteiger partial charge in [0, 0.05) is 23.2 Å². The van der Waals surface area contributed by atoms with Crippen LogP contribution in [0.2, 0.25) is 0 Å². The lowest BCUT2D eigenvalue weighted by Crippen LogP contribution is -2.40. The maximum atomic E-state index is 12.1. The first-order valence-corrected chi connectivity index (χ1v) is 8.64. The highest BCUT2D eigenvalue weighted by Gasteiger charge is 2.10. The van der Waals surface area contributed by atoms with Gasteiger partial charge in [0.25, 0.3) is 0 Å². The number of rotatable bonds is 7. The largest absolute Gasteiger partial charge is 0.365 e. The molecule has 23 heavy (non-hydrogen) atoms. The topological polar surface area (TPSA) is 32.3 Å². The minimum atomic E-state index is 0.0552. The van der Waals surface area contributed by atoms with Gasteiger partial charge in [-0.1, -0.05) is 46.3 Å². The molecule has 4 heteroatoms. The van der Waals surface area contributed by atoms with Crippen molar-refractivity contribution in [1.29, 1.82) is 0 Å². The van der Waals surface area contributed by atoms with Crippen molar-refractivity contribution >= 4 is 27.5 Å². The van der Waals surface area contributed by atoms with Crippen molar-refractivity contribution in [3.8, 4) is 0 Å². The molecule has 0 aliphatic carbocycles. The molecule has 0 fully saturated rings. The molecule has 1 N–H and O–H groups in total. The molecule has 0 bridgehead atoms. The Bertz CT molecular complexity index is 613. The molecule has 1 unspecified atom stereocenters. The van der Waals surface area contributed by atoms with Crippen molar-refractivity contribution in [2.75, 3.05) is 18.5 Å². The van der Waals surface area contributed by atoms with E-state index in [2.05, 4.69) is 40.3 Å². The van der Waals surface area contributed by atoms with E-state index in [1.54, 1.807) is 0 Å². The minimum Gasteiger partial charge on any atom is -0.365 e. The molecule has 2 rings (SSSR count). The Morgan fingerprint density at radius 1 is 1.13 bits per heavy atom. The number of amides is 1. The fourth-order valence-electron chi connectivity index (χ4n) is 2.42. The number of aryl methyl sites for hydroxylation is 1. The molecule has 3 nitrogen and oxygen atoms in total. The van der Waals surface area contributed by atoms with Crippen molar-refractivity contribution in [3.63, 3.8) is 0 Å². The van der Waals surface area contributed by atoms with Crippen LogP contribution in [0.3, 0.4) is 0 Å². The highest BCUT2D eigenvalue weighted by Crippen LogP contribution is 2.13. The number of hydrogen-bond acceptors (Lipinski definition) is 2. The number of nitrogens with zero attached hydrogens (tertiary/aromatic N) is 1. The summed E-state index contributed by atoms with van der Waals surface area (Å²) in [6.45, 7) is 2.42. The molecule has 0 radical (unpaired) electrons. The molecule has 2 aromatic carbocycles. The van der Waals surface area contributed by atoms with E-state index in [0.717, 1.165) is 23.0 Å². The van der Waals surface area contributed by atoms with Crippen LogP contribution in [0.25, 0.3) is 0 Å². The van der Waals surface area contributed by atoms with Crippen LogP contribution in [0.15, 0.2) is 59.1 Å². The van der Waals surface area contributed by atoms with Crippen molar-refractivity contribution in [2.45, 2.75) is 25.8 Å². The van der Waals surface area contributed by atoms with Crippen LogP contribution in [0, 0.1) is 0 Å². The summed E-state index contributed by atoms with van der Waals surface area (Å²) in [7, 11) is 1.93.